The average Bonchev–Trinajstić information content (AvgIpc) is 2.61. The highest BCUT2D eigenvalue weighted by Crippen LogP contribution is 2.12. The van der Waals surface area contributed by atoms with Gasteiger partial charge in [-0.3, -0.25) is 4.79 Å². The predicted molar refractivity (Wildman–Crippen MR) is 59.6 cm³/mol. The first-order valence-electron chi connectivity index (χ1n) is 4.97. The lowest BCUT2D eigenvalue weighted by Crippen LogP contribution is -2.26. The maximum atomic E-state index is 11.3. The van der Waals surface area contributed by atoms with Crippen LogP contribution in [0.25, 0.3) is 0 Å². The van der Waals surface area contributed by atoms with Gasteiger partial charge in [-0.15, -0.1) is 10.2 Å². The maximum Gasteiger partial charge on any atom is 0.230 e. The second kappa shape index (κ2) is 6.44. The van der Waals surface area contributed by atoms with Crippen molar-refractivity contribution in [3.05, 3.63) is 6.33 Å². The molecule has 0 spiro atoms. The third kappa shape index (κ3) is 4.33. The smallest absolute Gasteiger partial charge is 0.230 e. The molecule has 0 aliphatic carbocycles. The van der Waals surface area contributed by atoms with E-state index in [-0.39, 0.29) is 5.91 Å². The van der Waals surface area contributed by atoms with Crippen molar-refractivity contribution in [2.45, 2.75) is 24.9 Å². The van der Waals surface area contributed by atoms with Gasteiger partial charge in [0.15, 0.2) is 5.16 Å². The summed E-state index contributed by atoms with van der Waals surface area (Å²) in [4.78, 5) is 11.3. The SMILES string of the molecule is CCCCNC(=O)CSc1nncn1C. The van der Waals surface area contributed by atoms with Crippen LogP contribution in [0.5, 0.6) is 0 Å². The molecule has 0 unspecified atom stereocenters. The molecule has 0 aromatic carbocycles. The van der Waals surface area contributed by atoms with Gasteiger partial charge < -0.3 is 9.88 Å². The normalized spacial score (nSPS) is 10.3. The molecule has 0 atom stereocenters. The number of carbonyl (C=O) groups excluding carboxylic acids is 1. The number of carbonyl (C=O) groups is 1. The highest BCUT2D eigenvalue weighted by molar-refractivity contribution is 7.99. The molecule has 0 radical (unpaired) electrons. The fraction of sp³-hybridized carbons (Fsp3) is 0.667. The zero-order valence-corrected chi connectivity index (χ0v) is 9.88. The number of unbranched alkanes of at least 4 members (excludes halogenated alkanes) is 1. The second-order valence-electron chi connectivity index (χ2n) is 3.22. The molecule has 0 saturated carbocycles. The Hall–Kier alpha value is -1.04. The lowest BCUT2D eigenvalue weighted by Gasteiger charge is -2.03. The van der Waals surface area contributed by atoms with Crippen LogP contribution in [0.3, 0.4) is 0 Å². The number of aryl methyl sites for hydroxylation is 1. The molecule has 5 nitrogen and oxygen atoms in total. The zero-order chi connectivity index (χ0) is 11.1. The quantitative estimate of drug-likeness (QED) is 0.578. The summed E-state index contributed by atoms with van der Waals surface area (Å²) in [5.74, 6) is 0.451. The van der Waals surface area contributed by atoms with Crippen molar-refractivity contribution in [1.29, 1.82) is 0 Å². The number of nitrogens with zero attached hydrogens (tertiary/aromatic N) is 3. The fourth-order valence-electron chi connectivity index (χ4n) is 0.989. The fourth-order valence-corrected chi connectivity index (χ4v) is 1.71. The molecule has 1 aromatic rings. The molecular formula is C9H16N4OS. The van der Waals surface area contributed by atoms with Crippen LogP contribution in [0.15, 0.2) is 11.5 Å². The highest BCUT2D eigenvalue weighted by Gasteiger charge is 2.05. The van der Waals surface area contributed by atoms with E-state index in [2.05, 4.69) is 22.4 Å². The number of thioether (sulfide) groups is 1. The van der Waals surface area contributed by atoms with Crippen LogP contribution in [0.1, 0.15) is 19.8 Å². The number of nitrogens with one attached hydrogen (secondary N) is 1. The summed E-state index contributed by atoms with van der Waals surface area (Å²) in [5, 5.41) is 11.2. The summed E-state index contributed by atoms with van der Waals surface area (Å²) in [6, 6.07) is 0. The summed E-state index contributed by atoms with van der Waals surface area (Å²) in [5.41, 5.74) is 0. The standard InChI is InChI=1S/C9H16N4OS/c1-3-4-5-10-8(14)6-15-9-12-11-7-13(9)2/h7H,3-6H2,1-2H3,(H,10,14). The summed E-state index contributed by atoms with van der Waals surface area (Å²) < 4.78 is 1.80. The van der Waals surface area contributed by atoms with Crippen molar-refractivity contribution in [3.63, 3.8) is 0 Å². The summed E-state index contributed by atoms with van der Waals surface area (Å²) >= 11 is 1.40. The number of rotatable bonds is 6. The van der Waals surface area contributed by atoms with Crippen LogP contribution in [0.4, 0.5) is 0 Å². The predicted octanol–water partition coefficient (Wildman–Crippen LogP) is 0.823. The molecule has 1 aromatic heterocycles. The van der Waals surface area contributed by atoms with Gasteiger partial charge >= 0.3 is 0 Å². The van der Waals surface area contributed by atoms with Crippen LogP contribution in [0, 0.1) is 0 Å². The van der Waals surface area contributed by atoms with Crippen molar-refractivity contribution >= 4 is 17.7 Å². The largest absolute Gasteiger partial charge is 0.355 e. The van der Waals surface area contributed by atoms with Gasteiger partial charge in [0.05, 0.1) is 5.75 Å². The highest BCUT2D eigenvalue weighted by atomic mass is 32.2. The van der Waals surface area contributed by atoms with Crippen LogP contribution in [-0.2, 0) is 11.8 Å². The molecule has 1 heterocycles. The molecule has 0 aliphatic heterocycles. The Kier molecular flexibility index (Phi) is 5.17. The minimum atomic E-state index is 0.0523. The van der Waals surface area contributed by atoms with Gasteiger partial charge in [-0.25, -0.2) is 0 Å². The lowest BCUT2D eigenvalue weighted by molar-refractivity contribution is -0.118. The summed E-state index contributed by atoms with van der Waals surface area (Å²) in [7, 11) is 1.86. The van der Waals surface area contributed by atoms with Crippen molar-refractivity contribution in [2.24, 2.45) is 7.05 Å². The Morgan fingerprint density at radius 1 is 1.67 bits per heavy atom. The van der Waals surface area contributed by atoms with Gasteiger partial charge in [0.25, 0.3) is 0 Å². The Balaban J connectivity index is 2.20. The first-order chi connectivity index (χ1) is 7.24. The van der Waals surface area contributed by atoms with Gasteiger partial charge in [-0.2, -0.15) is 0 Å². The van der Waals surface area contributed by atoms with E-state index in [0.717, 1.165) is 24.5 Å². The molecular weight excluding hydrogens is 212 g/mol. The van der Waals surface area contributed by atoms with Crippen LogP contribution >= 0.6 is 11.8 Å². The van der Waals surface area contributed by atoms with E-state index in [4.69, 9.17) is 0 Å². The number of amides is 1. The van der Waals surface area contributed by atoms with Gasteiger partial charge in [0, 0.05) is 13.6 Å². The molecule has 6 heteroatoms. The van der Waals surface area contributed by atoms with E-state index in [1.165, 1.54) is 11.8 Å². The van der Waals surface area contributed by atoms with Crippen LogP contribution < -0.4 is 5.32 Å². The zero-order valence-electron chi connectivity index (χ0n) is 9.06. The van der Waals surface area contributed by atoms with E-state index >= 15 is 0 Å². The number of aromatic nitrogens is 3. The Morgan fingerprint density at radius 3 is 3.07 bits per heavy atom. The summed E-state index contributed by atoms with van der Waals surface area (Å²) in [6.45, 7) is 2.86. The first-order valence-corrected chi connectivity index (χ1v) is 5.96. The molecule has 0 bridgehead atoms. The monoisotopic (exact) mass is 228 g/mol. The molecule has 0 saturated heterocycles. The van der Waals surface area contributed by atoms with Gasteiger partial charge in [-0.1, -0.05) is 25.1 Å². The lowest BCUT2D eigenvalue weighted by atomic mass is 10.3. The molecule has 0 fully saturated rings. The van der Waals surface area contributed by atoms with Crippen molar-refractivity contribution in [3.8, 4) is 0 Å². The maximum absolute atomic E-state index is 11.3. The van der Waals surface area contributed by atoms with Gasteiger partial charge in [0.1, 0.15) is 6.33 Å². The van der Waals surface area contributed by atoms with E-state index in [1.807, 2.05) is 7.05 Å². The first kappa shape index (κ1) is 12.0. The van der Waals surface area contributed by atoms with Crippen molar-refractivity contribution in [2.75, 3.05) is 12.3 Å². The van der Waals surface area contributed by atoms with Crippen LogP contribution in [0.2, 0.25) is 0 Å². The van der Waals surface area contributed by atoms with Gasteiger partial charge in [-0.05, 0) is 6.42 Å². The number of hydrogen-bond donors (Lipinski definition) is 1. The minimum absolute atomic E-state index is 0.0523. The van der Waals surface area contributed by atoms with Crippen molar-refractivity contribution in [1.82, 2.24) is 20.1 Å². The third-order valence-corrected chi connectivity index (χ3v) is 2.89. The molecule has 0 aliphatic rings. The molecule has 1 N–H and O–H groups in total. The molecule has 1 amide bonds. The third-order valence-electron chi connectivity index (χ3n) is 1.85. The summed E-state index contributed by atoms with van der Waals surface area (Å²) in [6.07, 6.45) is 3.74. The topological polar surface area (TPSA) is 59.8 Å². The molecule has 15 heavy (non-hydrogen) atoms. The van der Waals surface area contributed by atoms with E-state index in [1.54, 1.807) is 10.9 Å². The molecule has 84 valence electrons. The second-order valence-corrected chi connectivity index (χ2v) is 4.16. The van der Waals surface area contributed by atoms with E-state index in [9.17, 15) is 4.79 Å². The van der Waals surface area contributed by atoms with E-state index < -0.39 is 0 Å². The Morgan fingerprint density at radius 2 is 2.47 bits per heavy atom. The average molecular weight is 228 g/mol. The van der Waals surface area contributed by atoms with E-state index in [0.29, 0.717) is 5.75 Å². The van der Waals surface area contributed by atoms with Crippen LogP contribution in [-0.4, -0.2) is 33.0 Å². The minimum Gasteiger partial charge on any atom is -0.355 e. The van der Waals surface area contributed by atoms with Gasteiger partial charge in [0.2, 0.25) is 5.91 Å². The molecule has 1 rings (SSSR count). The Labute approximate surface area is 93.6 Å². The Bertz CT molecular complexity index is 313. The number of hydrogen-bond acceptors (Lipinski definition) is 4. The van der Waals surface area contributed by atoms with Crippen molar-refractivity contribution < 1.29 is 4.79 Å².